The molecule has 4 aromatic rings. The van der Waals surface area contributed by atoms with E-state index in [-0.39, 0.29) is 0 Å². The van der Waals surface area contributed by atoms with Crippen LogP contribution in [0.5, 0.6) is 0 Å². The van der Waals surface area contributed by atoms with Crippen molar-refractivity contribution in [2.24, 2.45) is 0 Å². The Morgan fingerprint density at radius 2 is 0.704 bits per heavy atom. The van der Waals surface area contributed by atoms with Crippen LogP contribution in [0.4, 0.5) is 17.1 Å². The van der Waals surface area contributed by atoms with Crippen molar-refractivity contribution in [2.45, 2.75) is 13.8 Å². The first kappa shape index (κ1) is 18.5. The van der Waals surface area contributed by atoms with Gasteiger partial charge in [0.1, 0.15) is 0 Å². The highest BCUT2D eigenvalue weighted by Crippen LogP contribution is 2.35. The van der Waals surface area contributed by atoms with Crippen molar-refractivity contribution < 1.29 is 0 Å². The van der Waals surface area contributed by atoms with Crippen LogP contribution >= 0.6 is 0 Å². The largest absolute Gasteiger partial charge is 0.311 e. The molecule has 0 aliphatic heterocycles. The Morgan fingerprint density at radius 3 is 1.15 bits per heavy atom. The van der Waals surface area contributed by atoms with Gasteiger partial charge in [0.05, 0.1) is 0 Å². The predicted molar refractivity (Wildman–Crippen MR) is 118 cm³/mol. The molecule has 0 radical (unpaired) electrons. The van der Waals surface area contributed by atoms with Crippen molar-refractivity contribution in [1.29, 1.82) is 0 Å². The van der Waals surface area contributed by atoms with Crippen LogP contribution < -0.4 is 4.90 Å². The van der Waals surface area contributed by atoms with E-state index >= 15 is 0 Å². The van der Waals surface area contributed by atoms with E-state index < -0.39 is 0 Å². The highest BCUT2D eigenvalue weighted by Gasteiger charge is 2.11. The van der Waals surface area contributed by atoms with E-state index in [1.54, 1.807) is 0 Å². The van der Waals surface area contributed by atoms with Crippen molar-refractivity contribution in [3.63, 3.8) is 0 Å². The zero-order chi connectivity index (χ0) is 18.9. The van der Waals surface area contributed by atoms with Gasteiger partial charge in [0.25, 0.3) is 0 Å². The molecular weight excluding hydrogens is 326 g/mol. The van der Waals surface area contributed by atoms with Crippen molar-refractivity contribution in [3.05, 3.63) is 115 Å². The summed E-state index contributed by atoms with van der Waals surface area (Å²) in [6.45, 7) is 4.00. The fourth-order valence-corrected chi connectivity index (χ4v) is 3.03. The molecular formula is C26H25N. The Labute approximate surface area is 162 Å². The summed E-state index contributed by atoms with van der Waals surface area (Å²) in [7, 11) is 0. The van der Waals surface area contributed by atoms with E-state index in [0.717, 1.165) is 17.1 Å². The smallest absolute Gasteiger partial charge is 0.0462 e. The minimum Gasteiger partial charge on any atom is -0.311 e. The lowest BCUT2D eigenvalue weighted by Crippen LogP contribution is -2.09. The van der Waals surface area contributed by atoms with Crippen LogP contribution in [0.1, 0.15) is 13.8 Å². The highest BCUT2D eigenvalue weighted by molar-refractivity contribution is 5.78. The van der Waals surface area contributed by atoms with Crippen LogP contribution in [0.25, 0.3) is 11.1 Å². The molecule has 0 saturated heterocycles. The number of hydrogen-bond donors (Lipinski definition) is 0. The molecule has 4 aromatic carbocycles. The molecule has 0 amide bonds. The van der Waals surface area contributed by atoms with Gasteiger partial charge in [-0.2, -0.15) is 0 Å². The Balaban J connectivity index is 0.00000102. The number of anilines is 3. The van der Waals surface area contributed by atoms with Crippen LogP contribution in [0.3, 0.4) is 0 Å². The van der Waals surface area contributed by atoms with Crippen molar-refractivity contribution in [1.82, 2.24) is 0 Å². The van der Waals surface area contributed by atoms with Crippen LogP contribution in [-0.2, 0) is 0 Å². The summed E-state index contributed by atoms with van der Waals surface area (Å²) in [5.41, 5.74) is 5.92. The second-order valence-electron chi connectivity index (χ2n) is 5.92. The maximum atomic E-state index is 2.27. The fourth-order valence-electron chi connectivity index (χ4n) is 3.03. The molecule has 27 heavy (non-hydrogen) atoms. The fraction of sp³-hybridized carbons (Fsp3) is 0.0769. The van der Waals surface area contributed by atoms with Crippen molar-refractivity contribution in [2.75, 3.05) is 4.90 Å². The summed E-state index contributed by atoms with van der Waals surface area (Å²) in [6.07, 6.45) is 0. The molecule has 0 bridgehead atoms. The molecule has 0 aliphatic carbocycles. The molecule has 134 valence electrons. The SMILES string of the molecule is CC.c1ccc(-c2ccc(N(c3ccccc3)c3ccccc3)cc2)cc1. The normalized spacial score (nSPS) is 9.85. The quantitative estimate of drug-likeness (QED) is 0.362. The van der Waals surface area contributed by atoms with Gasteiger partial charge in [-0.15, -0.1) is 0 Å². The Kier molecular flexibility index (Phi) is 6.43. The van der Waals surface area contributed by atoms with Crippen molar-refractivity contribution in [3.8, 4) is 11.1 Å². The summed E-state index contributed by atoms with van der Waals surface area (Å²) in [5, 5.41) is 0. The Bertz CT molecular complexity index is 875. The lowest BCUT2D eigenvalue weighted by atomic mass is 10.0. The van der Waals surface area contributed by atoms with Gasteiger partial charge in [-0.1, -0.05) is 92.7 Å². The first-order valence-electron chi connectivity index (χ1n) is 9.47. The molecule has 0 aliphatic rings. The average molecular weight is 351 g/mol. The number of nitrogens with zero attached hydrogens (tertiary/aromatic N) is 1. The third-order valence-electron chi connectivity index (χ3n) is 4.26. The van der Waals surface area contributed by atoms with Gasteiger partial charge in [-0.05, 0) is 47.5 Å². The predicted octanol–water partition coefficient (Wildman–Crippen LogP) is 7.85. The average Bonchev–Trinajstić information content (AvgIpc) is 2.78. The maximum Gasteiger partial charge on any atom is 0.0462 e. The minimum atomic E-state index is 1.15. The maximum absolute atomic E-state index is 2.27. The molecule has 0 N–H and O–H groups in total. The lowest BCUT2D eigenvalue weighted by molar-refractivity contribution is 1.28. The van der Waals surface area contributed by atoms with Gasteiger partial charge in [0.2, 0.25) is 0 Å². The molecule has 1 nitrogen and oxygen atoms in total. The van der Waals surface area contributed by atoms with E-state index in [0.29, 0.717) is 0 Å². The van der Waals surface area contributed by atoms with Crippen molar-refractivity contribution >= 4 is 17.1 Å². The van der Waals surface area contributed by atoms with E-state index in [4.69, 9.17) is 0 Å². The van der Waals surface area contributed by atoms with Gasteiger partial charge in [0, 0.05) is 17.1 Å². The van der Waals surface area contributed by atoms with Crippen LogP contribution in [0, 0.1) is 0 Å². The topological polar surface area (TPSA) is 3.24 Å². The molecule has 0 atom stereocenters. The molecule has 0 saturated carbocycles. The standard InChI is InChI=1S/C24H19N.C2H6/c1-4-10-20(11-5-1)21-16-18-24(19-17-21)25(22-12-6-2-7-13-22)23-14-8-3-9-15-23;1-2/h1-19H;1-2H3. The summed E-state index contributed by atoms with van der Waals surface area (Å²) >= 11 is 0. The summed E-state index contributed by atoms with van der Waals surface area (Å²) < 4.78 is 0. The van der Waals surface area contributed by atoms with E-state index in [1.807, 2.05) is 32.0 Å². The van der Waals surface area contributed by atoms with Gasteiger partial charge in [-0.25, -0.2) is 0 Å². The minimum absolute atomic E-state index is 1.15. The van der Waals surface area contributed by atoms with Gasteiger partial charge in [-0.3, -0.25) is 0 Å². The van der Waals surface area contributed by atoms with E-state index in [1.165, 1.54) is 11.1 Å². The Hall–Kier alpha value is -3.32. The molecule has 0 fully saturated rings. The van der Waals surface area contributed by atoms with Crippen LogP contribution in [-0.4, -0.2) is 0 Å². The molecule has 0 aromatic heterocycles. The molecule has 0 spiro atoms. The third-order valence-corrected chi connectivity index (χ3v) is 4.26. The van der Waals surface area contributed by atoms with Crippen LogP contribution in [0.2, 0.25) is 0 Å². The molecule has 0 heterocycles. The van der Waals surface area contributed by atoms with E-state index in [9.17, 15) is 0 Å². The van der Waals surface area contributed by atoms with E-state index in [2.05, 4.69) is 102 Å². The molecule has 4 rings (SSSR count). The zero-order valence-electron chi connectivity index (χ0n) is 15.9. The number of benzene rings is 4. The molecule has 1 heteroatoms. The second-order valence-corrected chi connectivity index (χ2v) is 5.92. The van der Waals surface area contributed by atoms with Gasteiger partial charge in [0.15, 0.2) is 0 Å². The van der Waals surface area contributed by atoms with Crippen LogP contribution in [0.15, 0.2) is 115 Å². The zero-order valence-corrected chi connectivity index (χ0v) is 15.9. The monoisotopic (exact) mass is 351 g/mol. The summed E-state index contributed by atoms with van der Waals surface area (Å²) in [4.78, 5) is 2.27. The first-order valence-corrected chi connectivity index (χ1v) is 9.47. The molecule has 0 unspecified atom stereocenters. The first-order chi connectivity index (χ1) is 13.4. The van der Waals surface area contributed by atoms with Gasteiger partial charge >= 0.3 is 0 Å². The number of rotatable bonds is 4. The summed E-state index contributed by atoms with van der Waals surface area (Å²) in [6, 6.07) is 40.1. The highest BCUT2D eigenvalue weighted by atomic mass is 15.1. The Morgan fingerprint density at radius 1 is 0.370 bits per heavy atom. The second kappa shape index (κ2) is 9.40. The number of para-hydroxylation sites is 2. The lowest BCUT2D eigenvalue weighted by Gasteiger charge is -2.25. The third kappa shape index (κ3) is 4.45. The number of hydrogen-bond acceptors (Lipinski definition) is 1. The van der Waals surface area contributed by atoms with Gasteiger partial charge < -0.3 is 4.90 Å². The summed E-state index contributed by atoms with van der Waals surface area (Å²) in [5.74, 6) is 0.